The monoisotopic (exact) mass is 329 g/mol. The molecule has 0 fully saturated rings. The highest BCUT2D eigenvalue weighted by atomic mass is 79.9. The Morgan fingerprint density at radius 3 is 2.61 bits per heavy atom. The number of hydrogen-bond donors (Lipinski definition) is 0. The molecule has 100 valence electrons. The van der Waals surface area contributed by atoms with E-state index in [1.807, 2.05) is 0 Å². The zero-order chi connectivity index (χ0) is 13.8. The van der Waals surface area contributed by atoms with Crippen LogP contribution in [0.2, 0.25) is 0 Å². The zero-order valence-electron chi connectivity index (χ0n) is 8.74. The maximum Gasteiger partial charge on any atom is 0.411 e. The lowest BCUT2D eigenvalue weighted by molar-refractivity contribution is -0.385. The number of non-ortho nitro benzene ring substituents is 1. The van der Waals surface area contributed by atoms with Crippen molar-refractivity contribution in [1.29, 1.82) is 0 Å². The molecule has 5 nitrogen and oxygen atoms in total. The van der Waals surface area contributed by atoms with Crippen LogP contribution in [-0.2, 0) is 4.74 Å². The standard InChI is InChI=1S/C9H7BrF3NO4/c10-7-2-1-6(14(15)16)3-8(7)18-5-17-4-9(11,12)13/h1-3H,4-5H2. The van der Waals surface area contributed by atoms with Crippen LogP contribution in [0.5, 0.6) is 5.75 Å². The Morgan fingerprint density at radius 2 is 2.06 bits per heavy atom. The normalized spacial score (nSPS) is 11.3. The molecule has 0 saturated heterocycles. The zero-order valence-corrected chi connectivity index (χ0v) is 10.3. The van der Waals surface area contributed by atoms with Crippen LogP contribution in [0.4, 0.5) is 18.9 Å². The first-order valence-corrected chi connectivity index (χ1v) is 5.30. The molecule has 0 spiro atoms. The minimum absolute atomic E-state index is 0.0337. The highest BCUT2D eigenvalue weighted by Crippen LogP contribution is 2.29. The van der Waals surface area contributed by atoms with Crippen LogP contribution in [-0.4, -0.2) is 24.5 Å². The second-order valence-electron chi connectivity index (χ2n) is 3.10. The van der Waals surface area contributed by atoms with E-state index >= 15 is 0 Å². The number of nitro groups is 1. The lowest BCUT2D eigenvalue weighted by atomic mass is 10.3. The Morgan fingerprint density at radius 1 is 1.39 bits per heavy atom. The van der Waals surface area contributed by atoms with Gasteiger partial charge in [-0.05, 0) is 22.0 Å². The van der Waals surface area contributed by atoms with Gasteiger partial charge in [-0.25, -0.2) is 0 Å². The third-order valence-corrected chi connectivity index (χ3v) is 2.34. The second kappa shape index (κ2) is 6.01. The molecular formula is C9H7BrF3NO4. The van der Waals surface area contributed by atoms with Gasteiger partial charge >= 0.3 is 6.18 Å². The Labute approximate surface area is 108 Å². The van der Waals surface area contributed by atoms with Crippen LogP contribution in [0.25, 0.3) is 0 Å². The van der Waals surface area contributed by atoms with Crippen molar-refractivity contribution in [2.24, 2.45) is 0 Å². The quantitative estimate of drug-likeness (QED) is 0.360. The molecule has 0 radical (unpaired) electrons. The summed E-state index contributed by atoms with van der Waals surface area (Å²) in [6.07, 6.45) is -4.44. The number of benzene rings is 1. The molecule has 0 saturated carbocycles. The number of alkyl halides is 3. The minimum Gasteiger partial charge on any atom is -0.466 e. The van der Waals surface area contributed by atoms with Gasteiger partial charge in [0.1, 0.15) is 12.4 Å². The van der Waals surface area contributed by atoms with Gasteiger partial charge in [-0.15, -0.1) is 0 Å². The lowest BCUT2D eigenvalue weighted by Crippen LogP contribution is -2.19. The molecule has 9 heteroatoms. The van der Waals surface area contributed by atoms with E-state index in [-0.39, 0.29) is 11.4 Å². The molecule has 0 heterocycles. The molecule has 0 N–H and O–H groups in total. The summed E-state index contributed by atoms with van der Waals surface area (Å²) in [7, 11) is 0. The fourth-order valence-corrected chi connectivity index (χ4v) is 1.34. The van der Waals surface area contributed by atoms with E-state index in [4.69, 9.17) is 4.74 Å². The lowest BCUT2D eigenvalue weighted by Gasteiger charge is -2.10. The van der Waals surface area contributed by atoms with E-state index in [9.17, 15) is 23.3 Å². The van der Waals surface area contributed by atoms with Crippen LogP contribution in [0.1, 0.15) is 0 Å². The van der Waals surface area contributed by atoms with E-state index in [0.717, 1.165) is 6.07 Å². The van der Waals surface area contributed by atoms with Gasteiger partial charge in [-0.3, -0.25) is 10.1 Å². The smallest absolute Gasteiger partial charge is 0.411 e. The van der Waals surface area contributed by atoms with Gasteiger partial charge in [0.25, 0.3) is 5.69 Å². The van der Waals surface area contributed by atoms with Gasteiger partial charge in [0, 0.05) is 6.07 Å². The second-order valence-corrected chi connectivity index (χ2v) is 3.95. The molecule has 0 amide bonds. The third kappa shape index (κ3) is 4.88. The van der Waals surface area contributed by atoms with Crippen molar-refractivity contribution >= 4 is 21.6 Å². The Bertz CT molecular complexity index is 438. The van der Waals surface area contributed by atoms with E-state index in [1.54, 1.807) is 0 Å². The molecule has 0 unspecified atom stereocenters. The summed E-state index contributed by atoms with van der Waals surface area (Å²) in [4.78, 5) is 9.84. The predicted molar refractivity (Wildman–Crippen MR) is 58.3 cm³/mol. The summed E-state index contributed by atoms with van der Waals surface area (Å²) in [6, 6.07) is 3.67. The summed E-state index contributed by atoms with van der Waals surface area (Å²) in [5, 5.41) is 10.5. The molecule has 0 aliphatic carbocycles. The molecule has 1 rings (SSSR count). The van der Waals surface area contributed by atoms with E-state index in [2.05, 4.69) is 20.7 Å². The van der Waals surface area contributed by atoms with Crippen molar-refractivity contribution in [3.63, 3.8) is 0 Å². The van der Waals surface area contributed by atoms with Crippen molar-refractivity contribution in [2.45, 2.75) is 6.18 Å². The first kappa shape index (κ1) is 14.7. The van der Waals surface area contributed by atoms with E-state index < -0.39 is 24.5 Å². The summed E-state index contributed by atoms with van der Waals surface area (Å²) in [5.41, 5.74) is -0.232. The van der Waals surface area contributed by atoms with Crippen molar-refractivity contribution in [3.05, 3.63) is 32.8 Å². The Hall–Kier alpha value is -1.35. The fourth-order valence-electron chi connectivity index (χ4n) is 0.979. The molecule has 0 aliphatic heterocycles. The average molecular weight is 330 g/mol. The van der Waals surface area contributed by atoms with Crippen molar-refractivity contribution in [3.8, 4) is 5.75 Å². The molecule has 0 aliphatic rings. The van der Waals surface area contributed by atoms with E-state index in [0.29, 0.717) is 4.47 Å². The summed E-state index contributed by atoms with van der Waals surface area (Å²) < 4.78 is 44.7. The van der Waals surface area contributed by atoms with Crippen molar-refractivity contribution < 1.29 is 27.6 Å². The minimum atomic E-state index is -4.44. The van der Waals surface area contributed by atoms with Crippen LogP contribution in [0.3, 0.4) is 0 Å². The topological polar surface area (TPSA) is 61.6 Å². The Kier molecular flexibility index (Phi) is 4.91. The first-order chi connectivity index (χ1) is 8.29. The largest absolute Gasteiger partial charge is 0.466 e. The third-order valence-electron chi connectivity index (χ3n) is 1.69. The average Bonchev–Trinajstić information content (AvgIpc) is 2.24. The molecule has 0 bridgehead atoms. The highest BCUT2D eigenvalue weighted by Gasteiger charge is 2.27. The van der Waals surface area contributed by atoms with Gasteiger partial charge in [-0.1, -0.05) is 0 Å². The number of hydrogen-bond acceptors (Lipinski definition) is 4. The van der Waals surface area contributed by atoms with Gasteiger partial charge < -0.3 is 9.47 Å². The molecule has 0 atom stereocenters. The maximum atomic E-state index is 11.8. The number of halogens is 4. The SMILES string of the molecule is O=[N+]([O-])c1ccc(Br)c(OCOCC(F)(F)F)c1. The number of ether oxygens (including phenoxy) is 2. The number of rotatable bonds is 5. The Balaban J connectivity index is 2.56. The predicted octanol–water partition coefficient (Wildman–Crippen LogP) is 3.27. The molecular weight excluding hydrogens is 323 g/mol. The molecule has 1 aromatic carbocycles. The van der Waals surface area contributed by atoms with Crippen LogP contribution < -0.4 is 4.74 Å². The number of nitrogens with zero attached hydrogens (tertiary/aromatic N) is 1. The first-order valence-electron chi connectivity index (χ1n) is 4.51. The number of nitro benzene ring substituents is 1. The summed E-state index contributed by atoms with van der Waals surface area (Å²) >= 11 is 3.05. The van der Waals surface area contributed by atoms with Gasteiger partial charge in [-0.2, -0.15) is 13.2 Å². The highest BCUT2D eigenvalue weighted by molar-refractivity contribution is 9.10. The van der Waals surface area contributed by atoms with Crippen LogP contribution >= 0.6 is 15.9 Å². The summed E-state index contributed by atoms with van der Waals surface area (Å²) in [6.45, 7) is -2.10. The van der Waals surface area contributed by atoms with Gasteiger partial charge in [0.15, 0.2) is 6.79 Å². The van der Waals surface area contributed by atoms with E-state index in [1.165, 1.54) is 12.1 Å². The van der Waals surface area contributed by atoms with Gasteiger partial charge in [0.2, 0.25) is 0 Å². The van der Waals surface area contributed by atoms with Gasteiger partial charge in [0.05, 0.1) is 15.5 Å². The molecule has 1 aromatic rings. The van der Waals surface area contributed by atoms with Crippen LogP contribution in [0.15, 0.2) is 22.7 Å². The molecule has 18 heavy (non-hydrogen) atoms. The fraction of sp³-hybridized carbons (Fsp3) is 0.333. The van der Waals surface area contributed by atoms with Crippen molar-refractivity contribution in [2.75, 3.05) is 13.4 Å². The summed E-state index contributed by atoms with van der Waals surface area (Å²) in [5.74, 6) is 0.0337. The van der Waals surface area contributed by atoms with Crippen LogP contribution in [0, 0.1) is 10.1 Å². The maximum absolute atomic E-state index is 11.8. The molecule has 0 aromatic heterocycles. The van der Waals surface area contributed by atoms with Crippen molar-refractivity contribution in [1.82, 2.24) is 0 Å².